The van der Waals surface area contributed by atoms with Crippen molar-refractivity contribution < 1.29 is 4.74 Å². The number of aromatic nitrogens is 1. The van der Waals surface area contributed by atoms with Gasteiger partial charge in [0.1, 0.15) is 11.9 Å². The van der Waals surface area contributed by atoms with Crippen LogP contribution in [-0.4, -0.2) is 35.6 Å². The van der Waals surface area contributed by atoms with E-state index in [1.807, 2.05) is 5.51 Å². The molecule has 4 heteroatoms. The van der Waals surface area contributed by atoms with Gasteiger partial charge in [-0.05, 0) is 67.2 Å². The van der Waals surface area contributed by atoms with Crippen LogP contribution in [0.4, 0.5) is 0 Å². The van der Waals surface area contributed by atoms with Crippen LogP contribution in [0.3, 0.4) is 0 Å². The molecule has 3 aliphatic rings. The van der Waals surface area contributed by atoms with E-state index < -0.39 is 0 Å². The quantitative estimate of drug-likeness (QED) is 0.707. The molecule has 1 aromatic heterocycles. The van der Waals surface area contributed by atoms with E-state index >= 15 is 0 Å². The number of nitrogens with zero attached hydrogens (tertiary/aromatic N) is 2. The molecule has 2 aromatic carbocycles. The van der Waals surface area contributed by atoms with E-state index in [0.29, 0.717) is 6.10 Å². The second kappa shape index (κ2) is 5.87. The molecule has 3 nitrogen and oxygen atoms in total. The van der Waals surface area contributed by atoms with Crippen molar-refractivity contribution in [1.29, 1.82) is 0 Å². The van der Waals surface area contributed by atoms with E-state index in [4.69, 9.17) is 4.74 Å². The third-order valence-corrected chi connectivity index (χ3v) is 6.19. The first-order valence-electron chi connectivity index (χ1n) is 8.68. The van der Waals surface area contributed by atoms with Crippen molar-refractivity contribution >= 4 is 21.6 Å². The standard InChI is InChI=1S/C20H20N2OS/c1-4-17(23-19-12-22-9-7-15(19)8-10-22)5-2-14(1)16-3-6-18-20(11-16)24-13-21-18/h1-6,11,13,15,19H,7-10,12H2/t19-/m0/s1. The van der Waals surface area contributed by atoms with Gasteiger partial charge in [-0.3, -0.25) is 4.90 Å². The highest BCUT2D eigenvalue weighted by Crippen LogP contribution is 2.32. The van der Waals surface area contributed by atoms with Gasteiger partial charge in [-0.2, -0.15) is 0 Å². The Morgan fingerprint density at radius 2 is 1.79 bits per heavy atom. The molecule has 4 heterocycles. The van der Waals surface area contributed by atoms with Crippen LogP contribution in [0.1, 0.15) is 12.8 Å². The minimum atomic E-state index is 0.367. The van der Waals surface area contributed by atoms with Crippen LogP contribution in [0.15, 0.2) is 48.0 Å². The van der Waals surface area contributed by atoms with E-state index in [2.05, 4.69) is 52.3 Å². The number of benzene rings is 2. The van der Waals surface area contributed by atoms with Crippen LogP contribution in [0.5, 0.6) is 5.75 Å². The van der Waals surface area contributed by atoms with Crippen LogP contribution < -0.4 is 4.74 Å². The predicted molar refractivity (Wildman–Crippen MR) is 98.6 cm³/mol. The monoisotopic (exact) mass is 336 g/mol. The predicted octanol–water partition coefficient (Wildman–Crippen LogP) is 4.44. The Balaban J connectivity index is 1.35. The lowest BCUT2D eigenvalue weighted by Gasteiger charge is -2.44. The number of thiazole rings is 1. The molecule has 3 fully saturated rings. The van der Waals surface area contributed by atoms with Crippen molar-refractivity contribution in [2.75, 3.05) is 19.6 Å². The maximum Gasteiger partial charge on any atom is 0.119 e. The first-order chi connectivity index (χ1) is 11.8. The molecule has 0 amide bonds. The van der Waals surface area contributed by atoms with E-state index in [9.17, 15) is 0 Å². The van der Waals surface area contributed by atoms with Crippen molar-refractivity contribution in [2.45, 2.75) is 18.9 Å². The van der Waals surface area contributed by atoms with Gasteiger partial charge in [-0.1, -0.05) is 18.2 Å². The summed E-state index contributed by atoms with van der Waals surface area (Å²) in [7, 11) is 0. The van der Waals surface area contributed by atoms with E-state index in [-0.39, 0.29) is 0 Å². The molecular weight excluding hydrogens is 316 g/mol. The zero-order valence-electron chi connectivity index (χ0n) is 13.5. The van der Waals surface area contributed by atoms with Gasteiger partial charge in [0, 0.05) is 6.54 Å². The summed E-state index contributed by atoms with van der Waals surface area (Å²) in [4.78, 5) is 6.88. The van der Waals surface area contributed by atoms with Gasteiger partial charge in [0.15, 0.2) is 0 Å². The second-order valence-electron chi connectivity index (χ2n) is 6.85. The Morgan fingerprint density at radius 1 is 1.00 bits per heavy atom. The minimum absolute atomic E-state index is 0.367. The van der Waals surface area contributed by atoms with Gasteiger partial charge in [0.2, 0.25) is 0 Å². The average Bonchev–Trinajstić information content (AvgIpc) is 3.11. The summed E-state index contributed by atoms with van der Waals surface area (Å²) in [5, 5.41) is 0. The van der Waals surface area contributed by atoms with Gasteiger partial charge in [0.05, 0.1) is 15.7 Å². The maximum atomic E-state index is 6.29. The topological polar surface area (TPSA) is 25.4 Å². The van der Waals surface area contributed by atoms with Crippen LogP contribution in [0.2, 0.25) is 0 Å². The fraction of sp³-hybridized carbons (Fsp3) is 0.350. The molecule has 6 rings (SSSR count). The van der Waals surface area contributed by atoms with Crippen LogP contribution in [0.25, 0.3) is 21.3 Å². The maximum absolute atomic E-state index is 6.29. The molecule has 0 aliphatic carbocycles. The summed E-state index contributed by atoms with van der Waals surface area (Å²) >= 11 is 1.69. The zero-order valence-corrected chi connectivity index (χ0v) is 14.3. The average molecular weight is 336 g/mol. The van der Waals surface area contributed by atoms with Crippen molar-refractivity contribution in [2.24, 2.45) is 5.92 Å². The third kappa shape index (κ3) is 2.60. The molecule has 0 spiro atoms. The molecule has 3 saturated heterocycles. The highest BCUT2D eigenvalue weighted by Gasteiger charge is 2.35. The first kappa shape index (κ1) is 14.4. The van der Waals surface area contributed by atoms with Crippen molar-refractivity contribution in [1.82, 2.24) is 9.88 Å². The van der Waals surface area contributed by atoms with Crippen molar-refractivity contribution in [3.63, 3.8) is 0 Å². The van der Waals surface area contributed by atoms with Crippen LogP contribution in [0, 0.1) is 5.92 Å². The van der Waals surface area contributed by atoms with E-state index in [1.165, 1.54) is 41.8 Å². The highest BCUT2D eigenvalue weighted by molar-refractivity contribution is 7.16. The number of rotatable bonds is 3. The number of hydrogen-bond donors (Lipinski definition) is 0. The SMILES string of the molecule is c1nc2ccc(-c3ccc(O[C@H]4CN5CCC4CC5)cc3)cc2s1. The fourth-order valence-corrected chi connectivity index (χ4v) is 4.70. The Morgan fingerprint density at radius 3 is 2.54 bits per heavy atom. The Kier molecular flexibility index (Phi) is 3.53. The van der Waals surface area contributed by atoms with Gasteiger partial charge < -0.3 is 4.74 Å². The summed E-state index contributed by atoms with van der Waals surface area (Å²) in [5.41, 5.74) is 5.44. The van der Waals surface area contributed by atoms with Crippen molar-refractivity contribution in [3.05, 3.63) is 48.0 Å². The molecule has 0 unspecified atom stereocenters. The molecule has 3 aromatic rings. The molecule has 0 radical (unpaired) electrons. The summed E-state index contributed by atoms with van der Waals surface area (Å²) in [6, 6.07) is 15.0. The van der Waals surface area contributed by atoms with Crippen LogP contribution in [-0.2, 0) is 0 Å². The molecular formula is C20H20N2OS. The minimum Gasteiger partial charge on any atom is -0.489 e. The van der Waals surface area contributed by atoms with E-state index in [1.54, 1.807) is 11.3 Å². The first-order valence-corrected chi connectivity index (χ1v) is 9.56. The van der Waals surface area contributed by atoms with Crippen molar-refractivity contribution in [3.8, 4) is 16.9 Å². The third-order valence-electron chi connectivity index (χ3n) is 5.40. The molecule has 0 N–H and O–H groups in total. The Hall–Kier alpha value is -1.91. The van der Waals surface area contributed by atoms with Gasteiger partial charge in [-0.15, -0.1) is 11.3 Å². The highest BCUT2D eigenvalue weighted by atomic mass is 32.1. The molecule has 3 aliphatic heterocycles. The van der Waals surface area contributed by atoms with E-state index in [0.717, 1.165) is 23.7 Å². The molecule has 2 bridgehead atoms. The second-order valence-corrected chi connectivity index (χ2v) is 7.74. The number of piperidine rings is 3. The lowest BCUT2D eigenvalue weighted by atomic mass is 9.86. The van der Waals surface area contributed by atoms with Gasteiger partial charge in [0.25, 0.3) is 0 Å². The summed E-state index contributed by atoms with van der Waals surface area (Å²) in [6.07, 6.45) is 2.95. The summed E-state index contributed by atoms with van der Waals surface area (Å²) in [6.45, 7) is 3.60. The fourth-order valence-electron chi connectivity index (χ4n) is 3.98. The number of hydrogen-bond acceptors (Lipinski definition) is 4. The Labute approximate surface area is 145 Å². The lowest BCUT2D eigenvalue weighted by molar-refractivity contribution is -0.00775. The lowest BCUT2D eigenvalue weighted by Crippen LogP contribution is -2.52. The van der Waals surface area contributed by atoms with Crippen LogP contribution >= 0.6 is 11.3 Å². The van der Waals surface area contributed by atoms with Gasteiger partial charge in [-0.25, -0.2) is 4.98 Å². The molecule has 24 heavy (non-hydrogen) atoms. The zero-order chi connectivity index (χ0) is 15.9. The molecule has 122 valence electrons. The molecule has 1 atom stereocenters. The largest absolute Gasteiger partial charge is 0.489 e. The number of ether oxygens (including phenoxy) is 1. The number of fused-ring (bicyclic) bond motifs is 4. The van der Waals surface area contributed by atoms with Gasteiger partial charge >= 0.3 is 0 Å². The smallest absolute Gasteiger partial charge is 0.119 e. The summed E-state index contributed by atoms with van der Waals surface area (Å²) < 4.78 is 7.52. The Bertz CT molecular complexity index is 849. The summed E-state index contributed by atoms with van der Waals surface area (Å²) in [5.74, 6) is 1.74. The normalized spacial score (nSPS) is 25.9. The molecule has 0 saturated carbocycles.